The molecule has 1 aliphatic rings. The summed E-state index contributed by atoms with van der Waals surface area (Å²) in [5.41, 5.74) is 4.56. The predicted octanol–water partition coefficient (Wildman–Crippen LogP) is 4.27. The third-order valence-electron chi connectivity index (χ3n) is 6.29. The second-order valence-electron chi connectivity index (χ2n) is 8.32. The number of nitrogens with one attached hydrogen (secondary N) is 1. The Morgan fingerprint density at radius 2 is 1.83 bits per heavy atom. The minimum absolute atomic E-state index is 0.0393. The van der Waals surface area contributed by atoms with E-state index in [0.717, 1.165) is 45.1 Å². The Balaban J connectivity index is 1.64. The van der Waals surface area contributed by atoms with Gasteiger partial charge in [0.05, 0.1) is 0 Å². The minimum atomic E-state index is -0.325. The SMILES string of the molecule is CNCc1cc(CCCO)ccc1C1CCC(N(C)C(=O)c2ccc(F)cc2)CC1. The van der Waals surface area contributed by atoms with Gasteiger partial charge in [-0.3, -0.25) is 4.79 Å². The number of aliphatic hydroxyl groups excluding tert-OH is 1. The molecule has 0 heterocycles. The van der Waals surface area contributed by atoms with Crippen LogP contribution in [0.5, 0.6) is 0 Å². The van der Waals surface area contributed by atoms with Gasteiger partial charge in [-0.1, -0.05) is 18.2 Å². The molecule has 162 valence electrons. The molecule has 5 heteroatoms. The van der Waals surface area contributed by atoms with Crippen LogP contribution in [0.25, 0.3) is 0 Å². The molecule has 2 aromatic carbocycles. The average Bonchev–Trinajstić information content (AvgIpc) is 2.78. The third-order valence-corrected chi connectivity index (χ3v) is 6.29. The van der Waals surface area contributed by atoms with Crippen molar-refractivity contribution >= 4 is 5.91 Å². The second-order valence-corrected chi connectivity index (χ2v) is 8.32. The number of hydrogen-bond donors (Lipinski definition) is 2. The summed E-state index contributed by atoms with van der Waals surface area (Å²) in [6.07, 6.45) is 5.74. The molecule has 1 fully saturated rings. The van der Waals surface area contributed by atoms with Gasteiger partial charge in [-0.15, -0.1) is 0 Å². The maximum absolute atomic E-state index is 13.1. The lowest BCUT2D eigenvalue weighted by molar-refractivity contribution is 0.0689. The van der Waals surface area contributed by atoms with Crippen molar-refractivity contribution in [1.82, 2.24) is 10.2 Å². The van der Waals surface area contributed by atoms with Crippen molar-refractivity contribution in [1.29, 1.82) is 0 Å². The Kier molecular flexibility index (Phi) is 8.00. The van der Waals surface area contributed by atoms with E-state index >= 15 is 0 Å². The molecule has 0 saturated heterocycles. The first-order valence-electron chi connectivity index (χ1n) is 10.9. The van der Waals surface area contributed by atoms with Gasteiger partial charge in [-0.2, -0.15) is 0 Å². The topological polar surface area (TPSA) is 52.6 Å². The molecule has 2 N–H and O–H groups in total. The molecule has 0 radical (unpaired) electrons. The molecule has 0 aliphatic heterocycles. The zero-order valence-corrected chi connectivity index (χ0v) is 18.0. The lowest BCUT2D eigenvalue weighted by Gasteiger charge is -2.35. The van der Waals surface area contributed by atoms with Crippen LogP contribution in [0.2, 0.25) is 0 Å². The summed E-state index contributed by atoms with van der Waals surface area (Å²) in [5, 5.41) is 12.4. The van der Waals surface area contributed by atoms with Crippen LogP contribution < -0.4 is 5.32 Å². The van der Waals surface area contributed by atoms with Gasteiger partial charge in [0.15, 0.2) is 0 Å². The van der Waals surface area contributed by atoms with E-state index in [1.165, 1.54) is 28.8 Å². The van der Waals surface area contributed by atoms with Gasteiger partial charge in [0.2, 0.25) is 0 Å². The normalized spacial score (nSPS) is 18.9. The van der Waals surface area contributed by atoms with Gasteiger partial charge in [0.1, 0.15) is 5.82 Å². The highest BCUT2D eigenvalue weighted by Crippen LogP contribution is 2.36. The minimum Gasteiger partial charge on any atom is -0.396 e. The highest BCUT2D eigenvalue weighted by atomic mass is 19.1. The van der Waals surface area contributed by atoms with Crippen molar-refractivity contribution in [3.05, 3.63) is 70.5 Å². The number of rotatable bonds is 8. The van der Waals surface area contributed by atoms with Crippen LogP contribution in [0.15, 0.2) is 42.5 Å². The molecule has 0 spiro atoms. The van der Waals surface area contributed by atoms with E-state index in [9.17, 15) is 9.18 Å². The maximum Gasteiger partial charge on any atom is 0.253 e. The molecule has 1 saturated carbocycles. The average molecular weight is 413 g/mol. The second kappa shape index (κ2) is 10.7. The molecule has 1 amide bonds. The van der Waals surface area contributed by atoms with E-state index in [1.807, 2.05) is 19.0 Å². The molecule has 0 atom stereocenters. The number of amides is 1. The fraction of sp³-hybridized carbons (Fsp3) is 0.480. The predicted molar refractivity (Wildman–Crippen MR) is 118 cm³/mol. The summed E-state index contributed by atoms with van der Waals surface area (Å²) in [6, 6.07) is 12.7. The Labute approximate surface area is 179 Å². The van der Waals surface area contributed by atoms with Crippen molar-refractivity contribution in [3.8, 4) is 0 Å². The Morgan fingerprint density at radius 1 is 1.13 bits per heavy atom. The lowest BCUT2D eigenvalue weighted by Crippen LogP contribution is -2.39. The number of nitrogens with zero attached hydrogens (tertiary/aromatic N) is 1. The van der Waals surface area contributed by atoms with Gasteiger partial charge in [-0.25, -0.2) is 4.39 Å². The number of aryl methyl sites for hydroxylation is 1. The number of halogens is 1. The highest BCUT2D eigenvalue weighted by molar-refractivity contribution is 5.94. The fourth-order valence-corrected chi connectivity index (χ4v) is 4.58. The summed E-state index contributed by atoms with van der Waals surface area (Å²) in [6.45, 7) is 1.06. The molecule has 2 aromatic rings. The third kappa shape index (κ3) is 5.46. The molecule has 4 nitrogen and oxygen atoms in total. The number of carbonyl (C=O) groups is 1. The number of hydrogen-bond acceptors (Lipinski definition) is 3. The van der Waals surface area contributed by atoms with E-state index in [1.54, 1.807) is 12.1 Å². The van der Waals surface area contributed by atoms with Crippen molar-refractivity contribution in [2.75, 3.05) is 20.7 Å². The van der Waals surface area contributed by atoms with E-state index in [2.05, 4.69) is 23.5 Å². The summed E-state index contributed by atoms with van der Waals surface area (Å²) >= 11 is 0. The maximum atomic E-state index is 13.1. The van der Waals surface area contributed by atoms with E-state index < -0.39 is 0 Å². The molecule has 0 unspecified atom stereocenters. The monoisotopic (exact) mass is 412 g/mol. The van der Waals surface area contributed by atoms with Crippen LogP contribution in [0.4, 0.5) is 4.39 Å². The van der Waals surface area contributed by atoms with Gasteiger partial charge >= 0.3 is 0 Å². The zero-order chi connectivity index (χ0) is 21.5. The molecule has 30 heavy (non-hydrogen) atoms. The van der Waals surface area contributed by atoms with Crippen molar-refractivity contribution in [2.45, 2.75) is 57.0 Å². The first-order chi connectivity index (χ1) is 14.5. The molecule has 3 rings (SSSR count). The lowest BCUT2D eigenvalue weighted by atomic mass is 9.79. The Morgan fingerprint density at radius 3 is 2.47 bits per heavy atom. The van der Waals surface area contributed by atoms with Crippen LogP contribution in [-0.2, 0) is 13.0 Å². The number of carbonyl (C=O) groups excluding carboxylic acids is 1. The smallest absolute Gasteiger partial charge is 0.253 e. The van der Waals surface area contributed by atoms with E-state index in [-0.39, 0.29) is 24.4 Å². The first-order valence-corrected chi connectivity index (χ1v) is 10.9. The summed E-state index contributed by atoms with van der Waals surface area (Å²) < 4.78 is 13.1. The first kappa shape index (κ1) is 22.4. The summed E-state index contributed by atoms with van der Waals surface area (Å²) in [7, 11) is 3.83. The van der Waals surface area contributed by atoms with Crippen LogP contribution in [-0.4, -0.2) is 42.7 Å². The van der Waals surface area contributed by atoms with Gasteiger partial charge in [0.25, 0.3) is 5.91 Å². The molecule has 0 bridgehead atoms. The van der Waals surface area contributed by atoms with Crippen molar-refractivity contribution in [3.63, 3.8) is 0 Å². The molecule has 1 aliphatic carbocycles. The van der Waals surface area contributed by atoms with Gasteiger partial charge in [0, 0.05) is 31.8 Å². The standard InChI is InChI=1S/C25H33FN2O2/c1-27-17-21-16-18(4-3-15-29)5-14-24(21)19-8-12-23(13-9-19)28(2)25(30)20-6-10-22(26)11-7-20/h5-7,10-11,14,16,19,23,27,29H,3-4,8-9,12-13,15,17H2,1-2H3. The number of benzene rings is 2. The largest absolute Gasteiger partial charge is 0.396 e. The molecular formula is C25H33FN2O2. The van der Waals surface area contributed by atoms with Gasteiger partial charge < -0.3 is 15.3 Å². The summed E-state index contributed by atoms with van der Waals surface area (Å²) in [4.78, 5) is 14.6. The zero-order valence-electron chi connectivity index (χ0n) is 18.0. The Bertz CT molecular complexity index is 830. The van der Waals surface area contributed by atoms with Crippen molar-refractivity contribution in [2.24, 2.45) is 0 Å². The van der Waals surface area contributed by atoms with Gasteiger partial charge in [-0.05, 0) is 92.4 Å². The quantitative estimate of drug-likeness (QED) is 0.681. The van der Waals surface area contributed by atoms with E-state index in [0.29, 0.717) is 11.5 Å². The van der Waals surface area contributed by atoms with Crippen LogP contribution in [0.1, 0.15) is 65.1 Å². The number of aliphatic hydroxyl groups is 1. The molecule has 0 aromatic heterocycles. The fourth-order valence-electron chi connectivity index (χ4n) is 4.58. The van der Waals surface area contributed by atoms with Crippen molar-refractivity contribution < 1.29 is 14.3 Å². The highest BCUT2D eigenvalue weighted by Gasteiger charge is 2.28. The van der Waals surface area contributed by atoms with Crippen LogP contribution in [0, 0.1) is 5.82 Å². The Hall–Kier alpha value is -2.24. The van der Waals surface area contributed by atoms with Crippen LogP contribution >= 0.6 is 0 Å². The van der Waals surface area contributed by atoms with Crippen LogP contribution in [0.3, 0.4) is 0 Å². The summed E-state index contributed by atoms with van der Waals surface area (Å²) in [5.74, 6) is 0.142. The van der Waals surface area contributed by atoms with E-state index in [4.69, 9.17) is 5.11 Å². The molecular weight excluding hydrogens is 379 g/mol.